The van der Waals surface area contributed by atoms with Gasteiger partial charge < -0.3 is 9.73 Å². The molecule has 24 heavy (non-hydrogen) atoms. The van der Waals surface area contributed by atoms with E-state index in [0.717, 1.165) is 5.56 Å². The van der Waals surface area contributed by atoms with Gasteiger partial charge in [0, 0.05) is 6.54 Å². The second-order valence-corrected chi connectivity index (χ2v) is 7.01. The summed E-state index contributed by atoms with van der Waals surface area (Å²) in [7, 11) is -3.78. The third-order valence-electron chi connectivity index (χ3n) is 3.35. The summed E-state index contributed by atoms with van der Waals surface area (Å²) in [4.78, 5) is 12.1. The molecule has 1 atom stereocenters. The number of benzene rings is 1. The molecule has 7 heteroatoms. The minimum atomic E-state index is -3.78. The second kappa shape index (κ2) is 7.94. The fraction of sp³-hybridized carbons (Fsp3) is 0.235. The van der Waals surface area contributed by atoms with Gasteiger partial charge in [-0.3, -0.25) is 4.79 Å². The van der Waals surface area contributed by atoms with E-state index in [2.05, 4.69) is 16.6 Å². The monoisotopic (exact) mass is 348 g/mol. The number of sulfonamides is 1. The highest BCUT2D eigenvalue weighted by Crippen LogP contribution is 2.21. The molecule has 0 aliphatic rings. The van der Waals surface area contributed by atoms with Crippen LogP contribution in [0.2, 0.25) is 0 Å². The van der Waals surface area contributed by atoms with Crippen molar-refractivity contribution in [1.82, 2.24) is 10.0 Å². The lowest BCUT2D eigenvalue weighted by Crippen LogP contribution is -2.33. The molecule has 0 spiro atoms. The molecule has 0 bridgehead atoms. The average molecular weight is 348 g/mol. The maximum Gasteiger partial charge on any atom is 0.241 e. The van der Waals surface area contributed by atoms with Crippen molar-refractivity contribution in [3.8, 4) is 0 Å². The van der Waals surface area contributed by atoms with Crippen LogP contribution in [0.4, 0.5) is 0 Å². The first-order valence-corrected chi connectivity index (χ1v) is 8.90. The van der Waals surface area contributed by atoms with Crippen molar-refractivity contribution in [3.63, 3.8) is 0 Å². The molecule has 2 aromatic rings. The molecule has 1 heterocycles. The summed E-state index contributed by atoms with van der Waals surface area (Å²) < 4.78 is 32.9. The molecule has 1 unspecified atom stereocenters. The molecule has 0 saturated carbocycles. The summed E-state index contributed by atoms with van der Waals surface area (Å²) >= 11 is 0. The molecule has 0 radical (unpaired) electrons. The van der Waals surface area contributed by atoms with Crippen LogP contribution < -0.4 is 10.0 Å². The Bertz CT molecular complexity index is 781. The molecule has 0 saturated heterocycles. The third-order valence-corrected chi connectivity index (χ3v) is 4.84. The predicted molar refractivity (Wildman–Crippen MR) is 90.8 cm³/mol. The molecular weight excluding hydrogens is 328 g/mol. The third kappa shape index (κ3) is 4.81. The number of hydrogen-bond donors (Lipinski definition) is 2. The maximum atomic E-state index is 12.5. The number of rotatable bonds is 8. The van der Waals surface area contributed by atoms with E-state index in [9.17, 15) is 13.2 Å². The minimum absolute atomic E-state index is 0.0769. The molecule has 0 aliphatic carbocycles. The molecule has 2 rings (SSSR count). The van der Waals surface area contributed by atoms with Gasteiger partial charge in [0.2, 0.25) is 15.9 Å². The van der Waals surface area contributed by atoms with E-state index in [0.29, 0.717) is 12.3 Å². The van der Waals surface area contributed by atoms with Crippen molar-refractivity contribution in [1.29, 1.82) is 0 Å². The van der Waals surface area contributed by atoms with Crippen LogP contribution in [0.15, 0.2) is 64.6 Å². The number of hydrogen-bond acceptors (Lipinski definition) is 4. The lowest BCUT2D eigenvalue weighted by molar-refractivity contribution is -0.121. The number of amides is 1. The first-order valence-electron chi connectivity index (χ1n) is 7.42. The average Bonchev–Trinajstić information content (AvgIpc) is 3.07. The molecule has 0 aliphatic heterocycles. The van der Waals surface area contributed by atoms with Crippen LogP contribution in [0.25, 0.3) is 0 Å². The zero-order chi connectivity index (χ0) is 17.6. The zero-order valence-corrected chi connectivity index (χ0v) is 14.2. The van der Waals surface area contributed by atoms with Gasteiger partial charge in [0.05, 0.1) is 23.6 Å². The fourth-order valence-electron chi connectivity index (χ4n) is 2.11. The Kier molecular flexibility index (Phi) is 5.94. The SMILES string of the molecule is C=CCNC(=O)CC(NS(=O)(=O)c1ccc(C)cc1)c1ccco1. The van der Waals surface area contributed by atoms with E-state index in [-0.39, 0.29) is 17.2 Å². The molecule has 1 aromatic carbocycles. The van der Waals surface area contributed by atoms with E-state index in [4.69, 9.17) is 4.42 Å². The Labute approximate surface area is 141 Å². The normalized spacial score (nSPS) is 12.5. The van der Waals surface area contributed by atoms with Gasteiger partial charge in [-0.25, -0.2) is 8.42 Å². The highest BCUT2D eigenvalue weighted by atomic mass is 32.2. The van der Waals surface area contributed by atoms with Crippen molar-refractivity contribution in [2.75, 3.05) is 6.54 Å². The first-order chi connectivity index (χ1) is 11.4. The first kappa shape index (κ1) is 18.0. The number of nitrogens with one attached hydrogen (secondary N) is 2. The van der Waals surface area contributed by atoms with Crippen LogP contribution in [-0.2, 0) is 14.8 Å². The summed E-state index contributed by atoms with van der Waals surface area (Å²) in [6.45, 7) is 5.71. The summed E-state index contributed by atoms with van der Waals surface area (Å²) in [5, 5.41) is 2.62. The van der Waals surface area contributed by atoms with Gasteiger partial charge >= 0.3 is 0 Å². The van der Waals surface area contributed by atoms with Gasteiger partial charge in [-0.05, 0) is 31.2 Å². The molecule has 1 amide bonds. The smallest absolute Gasteiger partial charge is 0.241 e. The standard InChI is InChI=1S/C17H20N2O4S/c1-3-10-18-17(20)12-15(16-5-4-11-23-16)19-24(21,22)14-8-6-13(2)7-9-14/h3-9,11,15,19H,1,10,12H2,2H3,(H,18,20). The van der Waals surface area contributed by atoms with Gasteiger partial charge in [-0.2, -0.15) is 4.72 Å². The van der Waals surface area contributed by atoms with Crippen molar-refractivity contribution in [2.24, 2.45) is 0 Å². The van der Waals surface area contributed by atoms with Crippen molar-refractivity contribution in [3.05, 3.63) is 66.6 Å². The van der Waals surface area contributed by atoms with Crippen LogP contribution in [0, 0.1) is 6.92 Å². The zero-order valence-electron chi connectivity index (χ0n) is 13.4. The molecule has 1 aromatic heterocycles. The van der Waals surface area contributed by atoms with Crippen molar-refractivity contribution >= 4 is 15.9 Å². The highest BCUT2D eigenvalue weighted by Gasteiger charge is 2.25. The number of furan rings is 1. The summed E-state index contributed by atoms with van der Waals surface area (Å²) in [6.07, 6.45) is 2.91. The number of carbonyl (C=O) groups is 1. The number of carbonyl (C=O) groups excluding carboxylic acids is 1. The molecule has 2 N–H and O–H groups in total. The van der Waals surface area contributed by atoms with Crippen LogP contribution in [0.3, 0.4) is 0 Å². The quantitative estimate of drug-likeness (QED) is 0.717. The van der Waals surface area contributed by atoms with E-state index in [1.165, 1.54) is 18.4 Å². The van der Waals surface area contributed by atoms with Crippen LogP contribution >= 0.6 is 0 Å². The van der Waals surface area contributed by atoms with Gasteiger partial charge in [-0.15, -0.1) is 6.58 Å². The Morgan fingerprint density at radius 3 is 2.58 bits per heavy atom. The van der Waals surface area contributed by atoms with Crippen molar-refractivity contribution in [2.45, 2.75) is 24.3 Å². The lowest BCUT2D eigenvalue weighted by Gasteiger charge is -2.16. The molecule has 6 nitrogen and oxygen atoms in total. The van der Waals surface area contributed by atoms with E-state index >= 15 is 0 Å². The number of aryl methyl sites for hydroxylation is 1. The molecule has 0 fully saturated rings. The Balaban J connectivity index is 2.20. The minimum Gasteiger partial charge on any atom is -0.468 e. The van der Waals surface area contributed by atoms with Crippen LogP contribution in [0.1, 0.15) is 23.8 Å². The maximum absolute atomic E-state index is 12.5. The summed E-state index contributed by atoms with van der Waals surface area (Å²) in [6, 6.07) is 8.95. The Morgan fingerprint density at radius 1 is 1.29 bits per heavy atom. The topological polar surface area (TPSA) is 88.4 Å². The summed E-state index contributed by atoms with van der Waals surface area (Å²) in [5.41, 5.74) is 0.959. The predicted octanol–water partition coefficient (Wildman–Crippen LogP) is 2.30. The van der Waals surface area contributed by atoms with Crippen molar-refractivity contribution < 1.29 is 17.6 Å². The van der Waals surface area contributed by atoms with E-state index in [1.807, 2.05) is 6.92 Å². The molecular formula is C17H20N2O4S. The highest BCUT2D eigenvalue weighted by molar-refractivity contribution is 7.89. The van der Waals surface area contributed by atoms with Gasteiger partial charge in [0.25, 0.3) is 0 Å². The Hall–Kier alpha value is -2.38. The van der Waals surface area contributed by atoms with Gasteiger partial charge in [0.1, 0.15) is 5.76 Å². The van der Waals surface area contributed by atoms with Gasteiger partial charge in [0.15, 0.2) is 0 Å². The fourth-order valence-corrected chi connectivity index (χ4v) is 3.31. The van der Waals surface area contributed by atoms with Crippen LogP contribution in [0.5, 0.6) is 0 Å². The van der Waals surface area contributed by atoms with E-state index < -0.39 is 16.1 Å². The van der Waals surface area contributed by atoms with Gasteiger partial charge in [-0.1, -0.05) is 23.8 Å². The second-order valence-electron chi connectivity index (χ2n) is 5.30. The van der Waals surface area contributed by atoms with E-state index in [1.54, 1.807) is 30.3 Å². The lowest BCUT2D eigenvalue weighted by atomic mass is 10.1. The van der Waals surface area contributed by atoms with Crippen LogP contribution in [-0.4, -0.2) is 20.9 Å². The largest absolute Gasteiger partial charge is 0.468 e. The molecule has 128 valence electrons. The summed E-state index contributed by atoms with van der Waals surface area (Å²) in [5.74, 6) is 0.0716. The Morgan fingerprint density at radius 2 is 2.00 bits per heavy atom.